The zero-order valence-electron chi connectivity index (χ0n) is 22.0. The molecule has 2 rings (SSSR count). The molecule has 1 aromatic heterocycles. The van der Waals surface area contributed by atoms with E-state index in [0.717, 1.165) is 0 Å². The van der Waals surface area contributed by atoms with E-state index in [4.69, 9.17) is 28.7 Å². The SMILES string of the molecule is COC(=O)CC[C@H](C(=O)OC)N1CCOCCN([C@@H](CCC(=O)OC)C(=O)OC)Cc2cccc(n2)C1. The number of hydrogen-bond acceptors (Lipinski definition) is 12. The Hall–Kier alpha value is -3.09. The molecule has 12 nitrogen and oxygen atoms in total. The second-order valence-corrected chi connectivity index (χ2v) is 8.48. The van der Waals surface area contributed by atoms with Crippen molar-refractivity contribution in [3.63, 3.8) is 0 Å². The summed E-state index contributed by atoms with van der Waals surface area (Å²) in [5.41, 5.74) is 1.41. The highest BCUT2D eigenvalue weighted by Gasteiger charge is 2.30. The summed E-state index contributed by atoms with van der Waals surface area (Å²) in [6.45, 7) is 2.00. The van der Waals surface area contributed by atoms with Gasteiger partial charge in [0.15, 0.2) is 0 Å². The van der Waals surface area contributed by atoms with E-state index in [1.165, 1.54) is 28.4 Å². The van der Waals surface area contributed by atoms with Gasteiger partial charge >= 0.3 is 23.9 Å². The fourth-order valence-electron chi connectivity index (χ4n) is 4.16. The molecule has 0 radical (unpaired) electrons. The highest BCUT2D eigenvalue weighted by atomic mass is 16.5. The number of methoxy groups -OCH3 is 4. The van der Waals surface area contributed by atoms with E-state index >= 15 is 0 Å². The van der Waals surface area contributed by atoms with Crippen LogP contribution in [0.25, 0.3) is 0 Å². The van der Waals surface area contributed by atoms with Gasteiger partial charge in [-0.1, -0.05) is 6.07 Å². The van der Waals surface area contributed by atoms with Crippen LogP contribution in [0.1, 0.15) is 37.1 Å². The van der Waals surface area contributed by atoms with E-state index in [9.17, 15) is 19.2 Å². The molecule has 0 fully saturated rings. The zero-order chi connectivity index (χ0) is 27.2. The molecule has 2 atom stereocenters. The average Bonchev–Trinajstić information content (AvgIpc) is 2.91. The lowest BCUT2D eigenvalue weighted by molar-refractivity contribution is -0.150. The summed E-state index contributed by atoms with van der Waals surface area (Å²) in [5.74, 6) is -1.73. The first-order valence-electron chi connectivity index (χ1n) is 12.1. The minimum atomic E-state index is -0.681. The number of nitrogens with zero attached hydrogens (tertiary/aromatic N) is 3. The number of carbonyl (C=O) groups is 4. The lowest BCUT2D eigenvalue weighted by atomic mass is 10.1. The van der Waals surface area contributed by atoms with Crippen LogP contribution in [0, 0.1) is 0 Å². The molecule has 2 bridgehead atoms. The van der Waals surface area contributed by atoms with Gasteiger partial charge in [0.2, 0.25) is 0 Å². The molecule has 0 unspecified atom stereocenters. The Labute approximate surface area is 217 Å². The fourth-order valence-corrected chi connectivity index (χ4v) is 4.16. The predicted molar refractivity (Wildman–Crippen MR) is 130 cm³/mol. The van der Waals surface area contributed by atoms with Gasteiger partial charge in [-0.2, -0.15) is 0 Å². The Bertz CT molecular complexity index is 844. The molecule has 12 heteroatoms. The molecule has 0 saturated carbocycles. The third-order valence-electron chi connectivity index (χ3n) is 6.17. The summed E-state index contributed by atoms with van der Waals surface area (Å²) in [4.78, 5) is 57.1. The van der Waals surface area contributed by atoms with Crippen LogP contribution in [0.2, 0.25) is 0 Å². The van der Waals surface area contributed by atoms with Crippen LogP contribution in [0.3, 0.4) is 0 Å². The molecule has 0 saturated heterocycles. The molecule has 0 aromatic carbocycles. The molecule has 0 N–H and O–H groups in total. The Morgan fingerprint density at radius 3 is 1.59 bits per heavy atom. The molecule has 1 aromatic rings. The summed E-state index contributed by atoms with van der Waals surface area (Å²) in [6.07, 6.45) is 0.592. The highest BCUT2D eigenvalue weighted by molar-refractivity contribution is 5.78. The van der Waals surface area contributed by atoms with Crippen LogP contribution >= 0.6 is 0 Å². The molecule has 206 valence electrons. The standard InChI is InChI=1S/C25H37N3O9/c1-33-22(29)10-8-20(24(31)35-3)27-12-14-37-15-13-28(17-19-7-5-6-18(16-27)26-19)21(25(32)36-4)9-11-23(30)34-2/h5-7,20-21H,8-17H2,1-4H3/t20-,21+. The van der Waals surface area contributed by atoms with Gasteiger partial charge in [-0.25, -0.2) is 0 Å². The number of hydrogen-bond donors (Lipinski definition) is 0. The largest absolute Gasteiger partial charge is 0.469 e. The van der Waals surface area contributed by atoms with Crippen LogP contribution in [0.15, 0.2) is 18.2 Å². The molecule has 0 aliphatic carbocycles. The maximum absolute atomic E-state index is 12.6. The van der Waals surface area contributed by atoms with Gasteiger partial charge in [0, 0.05) is 39.0 Å². The summed E-state index contributed by atoms with van der Waals surface area (Å²) in [5, 5.41) is 0. The first-order chi connectivity index (χ1) is 17.8. The van der Waals surface area contributed by atoms with Crippen molar-refractivity contribution >= 4 is 23.9 Å². The van der Waals surface area contributed by atoms with E-state index < -0.39 is 36.0 Å². The van der Waals surface area contributed by atoms with Crippen molar-refractivity contribution in [3.05, 3.63) is 29.6 Å². The normalized spacial score (nSPS) is 16.9. The first kappa shape index (κ1) is 30.1. The van der Waals surface area contributed by atoms with Crippen molar-refractivity contribution in [3.8, 4) is 0 Å². The second kappa shape index (κ2) is 15.9. The van der Waals surface area contributed by atoms with E-state index in [1.54, 1.807) is 0 Å². The topological polar surface area (TPSA) is 134 Å². The number of fused-ring (bicyclic) bond motifs is 2. The monoisotopic (exact) mass is 523 g/mol. The first-order valence-corrected chi connectivity index (χ1v) is 12.1. The van der Waals surface area contributed by atoms with E-state index in [2.05, 4.69) is 0 Å². The molecular formula is C25H37N3O9. The van der Waals surface area contributed by atoms with Crippen LogP contribution in [-0.4, -0.2) is 105 Å². The van der Waals surface area contributed by atoms with Gasteiger partial charge in [0.1, 0.15) is 12.1 Å². The predicted octanol–water partition coefficient (Wildman–Crippen LogP) is 0.705. The Kier molecular flexibility index (Phi) is 12.9. The molecule has 1 aliphatic rings. The number of ether oxygens (including phenoxy) is 5. The van der Waals surface area contributed by atoms with Crippen molar-refractivity contribution in [1.82, 2.24) is 14.8 Å². The van der Waals surface area contributed by atoms with Crippen molar-refractivity contribution in [2.75, 3.05) is 54.7 Å². The van der Waals surface area contributed by atoms with Gasteiger partial charge in [0.25, 0.3) is 0 Å². The number of aromatic nitrogens is 1. The quantitative estimate of drug-likeness (QED) is 0.316. The van der Waals surface area contributed by atoms with E-state index in [1.807, 2.05) is 28.0 Å². The number of pyridine rings is 1. The maximum atomic E-state index is 12.6. The van der Waals surface area contributed by atoms with Crippen LogP contribution < -0.4 is 0 Å². The van der Waals surface area contributed by atoms with Crippen molar-refractivity contribution < 1.29 is 42.9 Å². The minimum Gasteiger partial charge on any atom is -0.469 e. The summed E-state index contributed by atoms with van der Waals surface area (Å²) in [6, 6.07) is 4.19. The van der Waals surface area contributed by atoms with Crippen LogP contribution in [0.5, 0.6) is 0 Å². The minimum absolute atomic E-state index is 0.0660. The van der Waals surface area contributed by atoms with E-state index in [0.29, 0.717) is 50.8 Å². The third-order valence-corrected chi connectivity index (χ3v) is 6.17. The Balaban J connectivity index is 2.29. The summed E-state index contributed by atoms with van der Waals surface area (Å²) >= 11 is 0. The third kappa shape index (κ3) is 9.71. The molecule has 37 heavy (non-hydrogen) atoms. The fraction of sp³-hybridized carbons (Fsp3) is 0.640. The van der Waals surface area contributed by atoms with Crippen molar-refractivity contribution in [2.24, 2.45) is 0 Å². The smallest absolute Gasteiger partial charge is 0.323 e. The number of esters is 4. The van der Waals surface area contributed by atoms with Crippen LogP contribution in [0.4, 0.5) is 0 Å². The van der Waals surface area contributed by atoms with Crippen LogP contribution in [-0.2, 0) is 56.0 Å². The van der Waals surface area contributed by atoms with E-state index in [-0.39, 0.29) is 25.7 Å². The highest BCUT2D eigenvalue weighted by Crippen LogP contribution is 2.18. The van der Waals surface area contributed by atoms with Crippen molar-refractivity contribution in [2.45, 2.75) is 50.9 Å². The Morgan fingerprint density at radius 2 is 1.22 bits per heavy atom. The molecule has 0 spiro atoms. The summed E-state index contributed by atoms with van der Waals surface area (Å²) in [7, 11) is 5.23. The molecule has 0 amide bonds. The zero-order valence-corrected chi connectivity index (χ0v) is 22.0. The summed E-state index contributed by atoms with van der Waals surface area (Å²) < 4.78 is 25.3. The van der Waals surface area contributed by atoms with Gasteiger partial charge in [-0.3, -0.25) is 34.0 Å². The second-order valence-electron chi connectivity index (χ2n) is 8.48. The number of carbonyl (C=O) groups excluding carboxylic acids is 4. The number of rotatable bonds is 10. The van der Waals surface area contributed by atoms with Crippen molar-refractivity contribution in [1.29, 1.82) is 0 Å². The van der Waals surface area contributed by atoms with Gasteiger partial charge in [0.05, 0.1) is 53.0 Å². The lowest BCUT2D eigenvalue weighted by Crippen LogP contribution is -2.45. The molecule has 1 aliphatic heterocycles. The average molecular weight is 524 g/mol. The molecule has 2 heterocycles. The molecular weight excluding hydrogens is 486 g/mol. The van der Waals surface area contributed by atoms with Gasteiger partial charge < -0.3 is 23.7 Å². The van der Waals surface area contributed by atoms with Gasteiger partial charge in [-0.05, 0) is 25.0 Å². The Morgan fingerprint density at radius 1 is 0.784 bits per heavy atom. The lowest BCUT2D eigenvalue weighted by Gasteiger charge is -2.32. The van der Waals surface area contributed by atoms with Gasteiger partial charge in [-0.15, -0.1) is 0 Å². The maximum Gasteiger partial charge on any atom is 0.323 e.